The molecule has 144 valence electrons. The van der Waals surface area contributed by atoms with Gasteiger partial charge in [0.1, 0.15) is 21.9 Å². The average Bonchev–Trinajstić information content (AvgIpc) is 2.64. The lowest BCUT2D eigenvalue weighted by atomic mass is 10.1. The van der Waals surface area contributed by atoms with Gasteiger partial charge in [0.25, 0.3) is 5.69 Å². The van der Waals surface area contributed by atoms with Gasteiger partial charge in [-0.2, -0.15) is 0 Å². The van der Waals surface area contributed by atoms with Crippen molar-refractivity contribution < 1.29 is 24.3 Å². The highest BCUT2D eigenvalue weighted by atomic mass is 79.9. The normalized spacial score (nSPS) is 10.5. The fourth-order valence-corrected chi connectivity index (χ4v) is 3.96. The van der Waals surface area contributed by atoms with E-state index in [2.05, 4.69) is 36.6 Å². The highest BCUT2D eigenvalue weighted by molar-refractivity contribution is 9.11. The maximum atomic E-state index is 11.3. The molecule has 7 nitrogen and oxygen atoms in total. The fourth-order valence-electron chi connectivity index (χ4n) is 2.27. The van der Waals surface area contributed by atoms with Crippen LogP contribution in [0.2, 0.25) is 5.02 Å². The molecule has 0 aromatic heterocycles. The van der Waals surface area contributed by atoms with Crippen molar-refractivity contribution in [3.05, 3.63) is 59.5 Å². The van der Waals surface area contributed by atoms with Gasteiger partial charge in [-0.05, 0) is 49.9 Å². The summed E-state index contributed by atoms with van der Waals surface area (Å²) < 4.78 is 11.1. The Morgan fingerprint density at radius 3 is 2.67 bits per heavy atom. The number of phenolic OH excluding ortho intramolecular Hbond substituents is 1. The summed E-state index contributed by atoms with van der Waals surface area (Å²) in [4.78, 5) is 21.7. The molecular weight excluding hydrogens is 509 g/mol. The third kappa shape index (κ3) is 5.12. The monoisotopic (exact) mass is 521 g/mol. The minimum atomic E-state index is -0.570. The van der Waals surface area contributed by atoms with Crippen LogP contribution in [0.4, 0.5) is 5.69 Å². The van der Waals surface area contributed by atoms with Crippen molar-refractivity contribution in [2.45, 2.75) is 19.4 Å². The molecule has 27 heavy (non-hydrogen) atoms. The van der Waals surface area contributed by atoms with Crippen molar-refractivity contribution in [2.24, 2.45) is 0 Å². The largest absolute Gasteiger partial charge is 0.506 e. The Morgan fingerprint density at radius 1 is 1.33 bits per heavy atom. The minimum absolute atomic E-state index is 0.00587. The number of ether oxygens (including phenoxy) is 2. The van der Waals surface area contributed by atoms with Gasteiger partial charge in [-0.25, -0.2) is 0 Å². The number of nitro benzene ring substituents is 1. The van der Waals surface area contributed by atoms with Gasteiger partial charge in [0.2, 0.25) is 0 Å². The van der Waals surface area contributed by atoms with Crippen LogP contribution in [0.5, 0.6) is 11.5 Å². The zero-order chi connectivity index (χ0) is 20.1. The fraction of sp³-hybridized carbons (Fsp3) is 0.235. The van der Waals surface area contributed by atoms with Gasteiger partial charge in [-0.15, -0.1) is 0 Å². The van der Waals surface area contributed by atoms with Gasteiger partial charge in [-0.1, -0.05) is 23.7 Å². The van der Waals surface area contributed by atoms with E-state index in [1.807, 2.05) is 0 Å². The standard InChI is InChI=1S/C17H14Br2ClNO6/c1-26-13(22)6-5-9-7-11(18)17(14(19)16(9)23)27-8-10-3-2-4-12(15(10)20)21(24)25/h2-4,7,23H,5-6,8H2,1H3. The summed E-state index contributed by atoms with van der Waals surface area (Å²) in [5.41, 5.74) is 0.746. The van der Waals surface area contributed by atoms with Gasteiger partial charge in [0.05, 0.1) is 16.5 Å². The average molecular weight is 524 g/mol. The number of halogens is 3. The first-order valence-corrected chi connectivity index (χ1v) is 9.53. The number of carbonyl (C=O) groups excluding carboxylic acids is 1. The Hall–Kier alpha value is -1.84. The molecule has 0 aliphatic carbocycles. The predicted octanol–water partition coefficient (Wildman–Crippen LogP) is 5.16. The molecule has 2 aromatic rings. The number of methoxy groups -OCH3 is 1. The predicted molar refractivity (Wildman–Crippen MR) is 106 cm³/mol. The first-order valence-electron chi connectivity index (χ1n) is 7.57. The van der Waals surface area contributed by atoms with Crippen molar-refractivity contribution in [1.82, 2.24) is 0 Å². The van der Waals surface area contributed by atoms with Crippen molar-refractivity contribution in [3.63, 3.8) is 0 Å². The summed E-state index contributed by atoms with van der Waals surface area (Å²) in [6, 6.07) is 6.06. The van der Waals surface area contributed by atoms with Crippen molar-refractivity contribution >= 4 is 55.1 Å². The van der Waals surface area contributed by atoms with E-state index in [4.69, 9.17) is 16.3 Å². The number of carbonyl (C=O) groups is 1. The Bertz CT molecular complexity index is 890. The second-order valence-electron chi connectivity index (χ2n) is 5.38. The lowest BCUT2D eigenvalue weighted by molar-refractivity contribution is -0.384. The molecule has 0 unspecified atom stereocenters. The molecule has 0 radical (unpaired) electrons. The molecule has 0 saturated heterocycles. The molecule has 0 saturated carbocycles. The zero-order valence-electron chi connectivity index (χ0n) is 14.0. The SMILES string of the molecule is COC(=O)CCc1cc(Br)c(OCc2cccc([N+](=O)[O-])c2Cl)c(Br)c1O. The van der Waals surface area contributed by atoms with Crippen LogP contribution < -0.4 is 4.74 Å². The van der Waals surface area contributed by atoms with E-state index in [9.17, 15) is 20.0 Å². The highest BCUT2D eigenvalue weighted by Gasteiger charge is 2.19. The number of esters is 1. The summed E-state index contributed by atoms with van der Waals surface area (Å²) in [5, 5.41) is 21.3. The number of nitro groups is 1. The number of aromatic hydroxyl groups is 1. The van der Waals surface area contributed by atoms with Crippen LogP contribution >= 0.6 is 43.5 Å². The summed E-state index contributed by atoms with van der Waals surface area (Å²) in [5.74, 6) is -0.151. The minimum Gasteiger partial charge on any atom is -0.506 e. The number of hydrogen-bond donors (Lipinski definition) is 1. The van der Waals surface area contributed by atoms with Crippen LogP contribution in [-0.4, -0.2) is 23.1 Å². The molecule has 0 atom stereocenters. The Morgan fingerprint density at radius 2 is 2.04 bits per heavy atom. The lowest BCUT2D eigenvalue weighted by Gasteiger charge is -2.15. The Kier molecular flexibility index (Phi) is 7.46. The van der Waals surface area contributed by atoms with E-state index in [1.165, 1.54) is 19.2 Å². The summed E-state index contributed by atoms with van der Waals surface area (Å²) in [7, 11) is 1.30. The molecule has 0 amide bonds. The molecular formula is C17H14Br2ClNO6. The first-order chi connectivity index (χ1) is 12.8. The zero-order valence-corrected chi connectivity index (χ0v) is 17.9. The van der Waals surface area contributed by atoms with E-state index >= 15 is 0 Å². The van der Waals surface area contributed by atoms with Gasteiger partial charge in [0, 0.05) is 18.1 Å². The number of benzene rings is 2. The lowest BCUT2D eigenvalue weighted by Crippen LogP contribution is -2.03. The number of hydrogen-bond acceptors (Lipinski definition) is 6. The molecule has 2 aromatic carbocycles. The van der Waals surface area contributed by atoms with E-state index in [-0.39, 0.29) is 41.9 Å². The number of phenols is 1. The third-order valence-electron chi connectivity index (χ3n) is 3.68. The summed E-state index contributed by atoms with van der Waals surface area (Å²) in [6.07, 6.45) is 0.402. The number of aryl methyl sites for hydroxylation is 1. The van der Waals surface area contributed by atoms with Gasteiger partial charge < -0.3 is 14.6 Å². The third-order valence-corrected chi connectivity index (χ3v) is 5.44. The first kappa shape index (κ1) is 21.5. The second kappa shape index (κ2) is 9.38. The van der Waals surface area contributed by atoms with Gasteiger partial charge in [0.15, 0.2) is 5.75 Å². The molecule has 0 heterocycles. The molecule has 2 rings (SSSR count). The molecule has 0 spiro atoms. The van der Waals surface area contributed by atoms with Crippen molar-refractivity contribution in [2.75, 3.05) is 7.11 Å². The summed E-state index contributed by atoms with van der Waals surface area (Å²) in [6.45, 7) is -0.0430. The smallest absolute Gasteiger partial charge is 0.305 e. The van der Waals surface area contributed by atoms with E-state index in [0.29, 0.717) is 25.8 Å². The number of nitrogens with zero attached hydrogens (tertiary/aromatic N) is 1. The van der Waals surface area contributed by atoms with Crippen LogP contribution in [0, 0.1) is 10.1 Å². The Balaban J connectivity index is 2.23. The molecule has 0 bridgehead atoms. The van der Waals surface area contributed by atoms with E-state index in [0.717, 1.165) is 0 Å². The number of rotatable bonds is 7. The highest BCUT2D eigenvalue weighted by Crippen LogP contribution is 2.43. The molecule has 1 N–H and O–H groups in total. The van der Waals surface area contributed by atoms with Crippen LogP contribution in [0.25, 0.3) is 0 Å². The molecule has 0 aliphatic rings. The molecule has 0 aliphatic heterocycles. The van der Waals surface area contributed by atoms with Crippen LogP contribution in [0.15, 0.2) is 33.2 Å². The van der Waals surface area contributed by atoms with Crippen LogP contribution in [0.1, 0.15) is 17.5 Å². The quantitative estimate of drug-likeness (QED) is 0.306. The van der Waals surface area contributed by atoms with Crippen LogP contribution in [0.3, 0.4) is 0 Å². The van der Waals surface area contributed by atoms with Gasteiger partial charge >= 0.3 is 5.97 Å². The van der Waals surface area contributed by atoms with E-state index in [1.54, 1.807) is 12.1 Å². The van der Waals surface area contributed by atoms with Gasteiger partial charge in [-0.3, -0.25) is 14.9 Å². The Labute approximate surface area is 176 Å². The summed E-state index contributed by atoms with van der Waals surface area (Å²) >= 11 is 12.7. The van der Waals surface area contributed by atoms with E-state index < -0.39 is 4.92 Å². The maximum Gasteiger partial charge on any atom is 0.305 e. The van der Waals surface area contributed by atoms with Crippen molar-refractivity contribution in [3.8, 4) is 11.5 Å². The second-order valence-corrected chi connectivity index (χ2v) is 7.41. The van der Waals surface area contributed by atoms with Crippen molar-refractivity contribution in [1.29, 1.82) is 0 Å². The molecule has 10 heteroatoms. The molecule has 0 fully saturated rings. The van der Waals surface area contributed by atoms with Crippen LogP contribution in [-0.2, 0) is 22.6 Å². The maximum absolute atomic E-state index is 11.3. The topological polar surface area (TPSA) is 98.9 Å².